The van der Waals surface area contributed by atoms with Gasteiger partial charge in [-0.15, -0.1) is 0 Å². The third-order valence-electron chi connectivity index (χ3n) is 9.44. The van der Waals surface area contributed by atoms with Gasteiger partial charge in [0.05, 0.1) is 0 Å². The van der Waals surface area contributed by atoms with Crippen LogP contribution in [-0.4, -0.2) is 5.11 Å². The molecule has 0 fully saturated rings. The van der Waals surface area contributed by atoms with Gasteiger partial charge in [0, 0.05) is 16.5 Å². The molecule has 1 nitrogen and oxygen atoms in total. The van der Waals surface area contributed by atoms with Crippen molar-refractivity contribution in [3.05, 3.63) is 213 Å². The summed E-state index contributed by atoms with van der Waals surface area (Å²) >= 11 is 0. The number of aliphatic hydroxyl groups is 1. The van der Waals surface area contributed by atoms with Gasteiger partial charge in [0.1, 0.15) is 5.60 Å². The number of benzene rings is 6. The summed E-state index contributed by atoms with van der Waals surface area (Å²) in [5.74, 6) is 0. The zero-order valence-corrected chi connectivity index (χ0v) is 23.5. The van der Waals surface area contributed by atoms with Crippen LogP contribution < -0.4 is 0 Å². The molecule has 0 bridgehead atoms. The van der Waals surface area contributed by atoms with Gasteiger partial charge in [-0.2, -0.15) is 0 Å². The highest BCUT2D eigenvalue weighted by Crippen LogP contribution is 2.56. The first kappa shape index (κ1) is 24.8. The Bertz CT molecular complexity index is 1750. The van der Waals surface area contributed by atoms with Gasteiger partial charge in [-0.1, -0.05) is 158 Å². The van der Waals surface area contributed by atoms with Crippen molar-refractivity contribution >= 4 is 11.1 Å². The minimum Gasteiger partial charge on any atom is -0.376 e. The number of hydrogen-bond acceptors (Lipinski definition) is 1. The quantitative estimate of drug-likeness (QED) is 0.233. The molecule has 2 aliphatic carbocycles. The predicted molar refractivity (Wildman–Crippen MR) is 171 cm³/mol. The molecule has 0 amide bonds. The maximum absolute atomic E-state index is 12.8. The van der Waals surface area contributed by atoms with E-state index in [2.05, 4.69) is 122 Å². The van der Waals surface area contributed by atoms with Gasteiger partial charge in [-0.25, -0.2) is 0 Å². The van der Waals surface area contributed by atoms with E-state index in [0.29, 0.717) is 0 Å². The first-order chi connectivity index (χ1) is 20.6. The summed E-state index contributed by atoms with van der Waals surface area (Å²) in [5, 5.41) is 12.8. The second kappa shape index (κ2) is 9.27. The van der Waals surface area contributed by atoms with Crippen LogP contribution in [0.1, 0.15) is 62.6 Å². The molecule has 1 N–H and O–H groups in total. The molecule has 2 aliphatic rings. The van der Waals surface area contributed by atoms with E-state index in [9.17, 15) is 5.11 Å². The Balaban J connectivity index is 1.53. The van der Waals surface area contributed by atoms with E-state index in [0.717, 1.165) is 33.4 Å². The van der Waals surface area contributed by atoms with Crippen LogP contribution in [0.2, 0.25) is 0 Å². The van der Waals surface area contributed by atoms with E-state index in [1.165, 1.54) is 33.4 Å². The Labute approximate surface area is 247 Å². The number of hydrogen-bond donors (Lipinski definition) is 1. The molecule has 0 aromatic heterocycles. The van der Waals surface area contributed by atoms with Gasteiger partial charge >= 0.3 is 0 Å². The minimum atomic E-state index is -1.27. The minimum absolute atomic E-state index is 0.322. The summed E-state index contributed by atoms with van der Waals surface area (Å²) in [5.41, 5.74) is 11.9. The van der Waals surface area contributed by atoms with Crippen molar-refractivity contribution in [2.45, 2.75) is 17.9 Å². The van der Waals surface area contributed by atoms with Crippen LogP contribution in [0.15, 0.2) is 158 Å². The van der Waals surface area contributed by atoms with Crippen LogP contribution in [0, 0.1) is 0 Å². The fourth-order valence-electron chi connectivity index (χ4n) is 7.50. The van der Waals surface area contributed by atoms with Gasteiger partial charge in [0.15, 0.2) is 0 Å². The largest absolute Gasteiger partial charge is 0.376 e. The van der Waals surface area contributed by atoms with Crippen molar-refractivity contribution < 1.29 is 5.11 Å². The highest BCUT2D eigenvalue weighted by Gasteiger charge is 2.45. The molecule has 8 rings (SSSR count). The Morgan fingerprint density at radius 3 is 1.10 bits per heavy atom. The summed E-state index contributed by atoms with van der Waals surface area (Å²) in [6.07, 6.45) is 0. The molecule has 200 valence electrons. The molecule has 0 saturated heterocycles. The zero-order valence-electron chi connectivity index (χ0n) is 23.5. The second-order valence-corrected chi connectivity index (χ2v) is 11.5. The average Bonchev–Trinajstić information content (AvgIpc) is 3.07. The van der Waals surface area contributed by atoms with Gasteiger partial charge in [0.25, 0.3) is 0 Å². The molecule has 42 heavy (non-hydrogen) atoms. The van der Waals surface area contributed by atoms with Crippen molar-refractivity contribution in [2.24, 2.45) is 0 Å². The van der Waals surface area contributed by atoms with Crippen molar-refractivity contribution in [1.82, 2.24) is 0 Å². The van der Waals surface area contributed by atoms with E-state index < -0.39 is 5.60 Å². The summed E-state index contributed by atoms with van der Waals surface area (Å²) < 4.78 is 0. The lowest BCUT2D eigenvalue weighted by atomic mass is 9.60. The SMILES string of the molecule is CC1(c2ccccc2)c2ccccc2C(=C2c3ccccc3C(O)(c3ccccc3)c3ccccc32)c2ccccc21. The fraction of sp³-hybridized carbons (Fsp3) is 0.0732. The Kier molecular flexibility index (Phi) is 5.47. The standard InChI is InChI=1S/C41H30O/c1-40(28-16-4-2-5-17-28)34-24-12-8-20-30(34)38(31-21-9-13-25-35(31)40)39-32-22-10-14-26-36(32)41(42,29-18-6-3-7-19-29)37-27-15-11-23-33(37)39/h2-27,42H,1H3. The first-order valence-corrected chi connectivity index (χ1v) is 14.6. The lowest BCUT2D eigenvalue weighted by Gasteiger charge is -2.43. The highest BCUT2D eigenvalue weighted by atomic mass is 16.3. The van der Waals surface area contributed by atoms with Crippen LogP contribution >= 0.6 is 0 Å². The Morgan fingerprint density at radius 1 is 0.357 bits per heavy atom. The third kappa shape index (κ3) is 3.29. The van der Waals surface area contributed by atoms with Crippen molar-refractivity contribution in [1.29, 1.82) is 0 Å². The van der Waals surface area contributed by atoms with Gasteiger partial charge in [-0.05, 0) is 62.6 Å². The van der Waals surface area contributed by atoms with Crippen molar-refractivity contribution in [3.63, 3.8) is 0 Å². The molecule has 0 saturated carbocycles. The first-order valence-electron chi connectivity index (χ1n) is 14.6. The van der Waals surface area contributed by atoms with Crippen LogP contribution in [0.25, 0.3) is 11.1 Å². The zero-order chi connectivity index (χ0) is 28.3. The van der Waals surface area contributed by atoms with E-state index in [-0.39, 0.29) is 5.41 Å². The summed E-state index contributed by atoms with van der Waals surface area (Å²) in [4.78, 5) is 0. The van der Waals surface area contributed by atoms with E-state index in [1.807, 2.05) is 42.5 Å². The van der Waals surface area contributed by atoms with Crippen LogP contribution in [0.3, 0.4) is 0 Å². The predicted octanol–water partition coefficient (Wildman–Crippen LogP) is 8.96. The maximum atomic E-state index is 12.8. The van der Waals surface area contributed by atoms with Crippen LogP contribution in [-0.2, 0) is 11.0 Å². The van der Waals surface area contributed by atoms with Crippen molar-refractivity contribution in [3.8, 4) is 0 Å². The molecule has 0 spiro atoms. The molecule has 0 atom stereocenters. The van der Waals surface area contributed by atoms with Crippen molar-refractivity contribution in [2.75, 3.05) is 0 Å². The summed E-state index contributed by atoms with van der Waals surface area (Å²) in [6, 6.07) is 55.5. The van der Waals surface area contributed by atoms with E-state index >= 15 is 0 Å². The molecule has 0 aliphatic heterocycles. The lowest BCUT2D eigenvalue weighted by molar-refractivity contribution is 0.124. The molecule has 0 radical (unpaired) electrons. The second-order valence-electron chi connectivity index (χ2n) is 11.5. The molecular formula is C41H30O. The topological polar surface area (TPSA) is 20.2 Å². The normalized spacial score (nSPS) is 20.2. The van der Waals surface area contributed by atoms with Gasteiger partial charge in [0.2, 0.25) is 0 Å². The molecule has 6 aromatic rings. The highest BCUT2D eigenvalue weighted by molar-refractivity contribution is 6.09. The van der Waals surface area contributed by atoms with Crippen LogP contribution in [0.4, 0.5) is 0 Å². The average molecular weight is 539 g/mol. The molecule has 1 heteroatoms. The molecule has 0 unspecified atom stereocenters. The van der Waals surface area contributed by atoms with Gasteiger partial charge in [-0.3, -0.25) is 0 Å². The molecule has 6 aromatic carbocycles. The Morgan fingerprint density at radius 2 is 0.667 bits per heavy atom. The summed E-state index contributed by atoms with van der Waals surface area (Å²) in [7, 11) is 0. The maximum Gasteiger partial charge on any atom is 0.141 e. The molecule has 0 heterocycles. The fourth-order valence-corrected chi connectivity index (χ4v) is 7.50. The number of fused-ring (bicyclic) bond motifs is 4. The van der Waals surface area contributed by atoms with E-state index in [4.69, 9.17) is 0 Å². The third-order valence-corrected chi connectivity index (χ3v) is 9.44. The van der Waals surface area contributed by atoms with Crippen LogP contribution in [0.5, 0.6) is 0 Å². The summed E-state index contributed by atoms with van der Waals surface area (Å²) in [6.45, 7) is 2.36. The Hall–Kier alpha value is -4.98. The molecular weight excluding hydrogens is 508 g/mol. The number of rotatable bonds is 2. The monoisotopic (exact) mass is 538 g/mol. The smallest absolute Gasteiger partial charge is 0.141 e. The van der Waals surface area contributed by atoms with E-state index in [1.54, 1.807) is 0 Å². The van der Waals surface area contributed by atoms with Gasteiger partial charge < -0.3 is 5.11 Å². The lowest BCUT2D eigenvalue weighted by Crippen LogP contribution is -2.35.